The molecule has 0 unspecified atom stereocenters. The average molecular weight is 593 g/mol. The second kappa shape index (κ2) is 22.9. The van der Waals surface area contributed by atoms with Gasteiger partial charge in [-0.15, -0.1) is 0 Å². The summed E-state index contributed by atoms with van der Waals surface area (Å²) in [5.41, 5.74) is 2.51. The fourth-order valence-electron chi connectivity index (χ4n) is 4.99. The predicted octanol–water partition coefficient (Wildman–Crippen LogP) is 7.44. The van der Waals surface area contributed by atoms with E-state index in [1.54, 1.807) is 0 Å². The third-order valence-corrected chi connectivity index (χ3v) is 7.22. The van der Waals surface area contributed by atoms with Crippen molar-refractivity contribution in [1.29, 1.82) is 0 Å². The van der Waals surface area contributed by atoms with Crippen molar-refractivity contribution in [1.82, 2.24) is 0 Å². The highest BCUT2D eigenvalue weighted by molar-refractivity contribution is 5.47. The zero-order chi connectivity index (χ0) is 30.1. The smallest absolute Gasteiger partial charge is 0.143 e. The van der Waals surface area contributed by atoms with Gasteiger partial charge in [-0.05, 0) is 23.1 Å². The Morgan fingerprint density at radius 3 is 1.09 bits per heavy atom. The minimum absolute atomic E-state index is 0.436. The van der Waals surface area contributed by atoms with Gasteiger partial charge >= 0.3 is 0 Å². The Hall–Kier alpha value is -2.58. The van der Waals surface area contributed by atoms with Crippen molar-refractivity contribution in [3.05, 3.63) is 108 Å². The Labute approximate surface area is 259 Å². The summed E-state index contributed by atoms with van der Waals surface area (Å²) in [7, 11) is 0. The lowest BCUT2D eigenvalue weighted by molar-refractivity contribution is -0.0391. The number of rotatable bonds is 26. The molecule has 3 aromatic carbocycles. The number of hydrogen-bond acceptors (Lipinski definition) is 6. The molecule has 0 radical (unpaired) electrons. The fraction of sp³-hybridized carbons (Fsp3) is 0.514. The monoisotopic (exact) mass is 592 g/mol. The second-order valence-corrected chi connectivity index (χ2v) is 10.5. The van der Waals surface area contributed by atoms with Crippen LogP contribution in [0.15, 0.2) is 91.0 Å². The molecule has 0 amide bonds. The van der Waals surface area contributed by atoms with E-state index < -0.39 is 5.60 Å². The van der Waals surface area contributed by atoms with E-state index >= 15 is 0 Å². The molecule has 0 N–H and O–H groups in total. The van der Waals surface area contributed by atoms with E-state index in [1.165, 1.54) is 32.1 Å². The first kappa shape index (κ1) is 34.9. The van der Waals surface area contributed by atoms with Crippen LogP contribution in [-0.4, -0.2) is 72.7 Å². The predicted molar refractivity (Wildman–Crippen MR) is 173 cm³/mol. The molecule has 3 aromatic rings. The van der Waals surface area contributed by atoms with Gasteiger partial charge in [0.15, 0.2) is 0 Å². The maximum absolute atomic E-state index is 6.72. The van der Waals surface area contributed by atoms with Gasteiger partial charge in [-0.2, -0.15) is 0 Å². The molecule has 3 rings (SSSR count). The fourth-order valence-corrected chi connectivity index (χ4v) is 4.99. The topological polar surface area (TPSA) is 55.4 Å². The molecule has 0 saturated heterocycles. The van der Waals surface area contributed by atoms with Crippen LogP contribution in [-0.2, 0) is 34.0 Å². The van der Waals surface area contributed by atoms with Crippen LogP contribution in [0.3, 0.4) is 0 Å². The van der Waals surface area contributed by atoms with Gasteiger partial charge in [-0.25, -0.2) is 0 Å². The van der Waals surface area contributed by atoms with Gasteiger partial charge in [0.25, 0.3) is 0 Å². The van der Waals surface area contributed by atoms with E-state index in [-0.39, 0.29) is 0 Å². The first-order chi connectivity index (χ1) is 21.4. The van der Waals surface area contributed by atoms with Gasteiger partial charge in [-0.3, -0.25) is 0 Å². The molecule has 0 aliphatic rings. The van der Waals surface area contributed by atoms with Crippen molar-refractivity contribution < 1.29 is 28.4 Å². The van der Waals surface area contributed by atoms with Crippen LogP contribution < -0.4 is 0 Å². The molecule has 0 aliphatic heterocycles. The van der Waals surface area contributed by atoms with E-state index in [1.807, 2.05) is 18.2 Å². The minimum Gasteiger partial charge on any atom is -0.379 e. The molecule has 43 heavy (non-hydrogen) atoms. The Morgan fingerprint density at radius 2 is 0.698 bits per heavy atom. The largest absolute Gasteiger partial charge is 0.379 e. The molecular weight excluding hydrogens is 540 g/mol. The summed E-state index contributed by atoms with van der Waals surface area (Å²) in [6.07, 6.45) is 7.69. The maximum atomic E-state index is 6.72. The zero-order valence-electron chi connectivity index (χ0n) is 26.1. The van der Waals surface area contributed by atoms with Crippen LogP contribution in [0.2, 0.25) is 0 Å². The maximum Gasteiger partial charge on any atom is 0.143 e. The van der Waals surface area contributed by atoms with Crippen molar-refractivity contribution in [3.8, 4) is 0 Å². The zero-order valence-corrected chi connectivity index (χ0v) is 26.1. The molecule has 236 valence electrons. The Bertz CT molecular complexity index is 934. The first-order valence-corrected chi connectivity index (χ1v) is 16.1. The molecule has 0 saturated carbocycles. The van der Waals surface area contributed by atoms with Crippen LogP contribution in [0.25, 0.3) is 0 Å². The molecule has 0 fully saturated rings. The van der Waals surface area contributed by atoms with Gasteiger partial charge in [0.05, 0.1) is 66.1 Å². The normalized spacial score (nSPS) is 11.7. The summed E-state index contributed by atoms with van der Waals surface area (Å²) in [6, 6.07) is 31.1. The Balaban J connectivity index is 1.24. The minimum atomic E-state index is -0.731. The highest BCUT2D eigenvalue weighted by Crippen LogP contribution is 2.40. The molecule has 0 atom stereocenters. The summed E-state index contributed by atoms with van der Waals surface area (Å²) < 4.78 is 35.0. The number of benzene rings is 3. The molecule has 6 nitrogen and oxygen atoms in total. The van der Waals surface area contributed by atoms with Gasteiger partial charge in [0.1, 0.15) is 5.60 Å². The van der Waals surface area contributed by atoms with Crippen LogP contribution in [0, 0.1) is 0 Å². The average Bonchev–Trinajstić information content (AvgIpc) is 3.06. The molecule has 6 heteroatoms. The van der Waals surface area contributed by atoms with Crippen LogP contribution in [0.5, 0.6) is 0 Å². The molecule has 0 bridgehead atoms. The second-order valence-electron chi connectivity index (χ2n) is 10.5. The molecule has 0 aromatic heterocycles. The summed E-state index contributed by atoms with van der Waals surface area (Å²) >= 11 is 0. The van der Waals surface area contributed by atoms with Gasteiger partial charge in [-0.1, -0.05) is 130 Å². The Kier molecular flexibility index (Phi) is 18.6. The van der Waals surface area contributed by atoms with Gasteiger partial charge < -0.3 is 28.4 Å². The van der Waals surface area contributed by atoms with Crippen LogP contribution in [0.4, 0.5) is 0 Å². The third kappa shape index (κ3) is 13.3. The van der Waals surface area contributed by atoms with Crippen molar-refractivity contribution in [2.24, 2.45) is 0 Å². The molecular formula is C37H52O6. The highest BCUT2D eigenvalue weighted by atomic mass is 16.6. The third-order valence-electron chi connectivity index (χ3n) is 7.22. The summed E-state index contributed by atoms with van der Waals surface area (Å²) in [6.45, 7) is 8.44. The standard InChI is InChI=1S/C37H52O6/c1-2-3-4-5-6-16-23-38-24-25-39-26-27-40-28-29-41-30-31-42-32-33-43-37(34-17-10-7-11-18-34,35-19-12-8-13-20-35)36-21-14-9-15-22-36/h7-15,17-22H,2-6,16,23-33H2,1H3. The summed E-state index contributed by atoms with van der Waals surface area (Å²) in [5, 5.41) is 0. The number of unbranched alkanes of at least 4 members (excludes halogenated alkanes) is 5. The number of hydrogen-bond donors (Lipinski definition) is 0. The lowest BCUT2D eigenvalue weighted by atomic mass is 9.80. The van der Waals surface area contributed by atoms with Crippen LogP contribution >= 0.6 is 0 Å². The van der Waals surface area contributed by atoms with E-state index in [4.69, 9.17) is 28.4 Å². The lowest BCUT2D eigenvalue weighted by Crippen LogP contribution is -2.34. The van der Waals surface area contributed by atoms with Crippen molar-refractivity contribution in [3.63, 3.8) is 0 Å². The van der Waals surface area contributed by atoms with Crippen molar-refractivity contribution in [2.75, 3.05) is 72.7 Å². The van der Waals surface area contributed by atoms with Gasteiger partial charge in [0.2, 0.25) is 0 Å². The van der Waals surface area contributed by atoms with Gasteiger partial charge in [0, 0.05) is 6.61 Å². The van der Waals surface area contributed by atoms with E-state index in [9.17, 15) is 0 Å². The van der Waals surface area contributed by atoms with E-state index in [2.05, 4.69) is 79.7 Å². The lowest BCUT2D eigenvalue weighted by Gasteiger charge is -2.36. The summed E-state index contributed by atoms with van der Waals surface area (Å²) in [5.74, 6) is 0. The SMILES string of the molecule is CCCCCCCCOCCOCCOCCOCCOCCOC(c1ccccc1)(c1ccccc1)c1ccccc1. The van der Waals surface area contributed by atoms with Crippen molar-refractivity contribution >= 4 is 0 Å². The Morgan fingerprint density at radius 1 is 0.372 bits per heavy atom. The van der Waals surface area contributed by atoms with Crippen molar-refractivity contribution in [2.45, 2.75) is 51.0 Å². The molecule has 0 aliphatic carbocycles. The highest BCUT2D eigenvalue weighted by Gasteiger charge is 2.37. The molecule has 0 heterocycles. The van der Waals surface area contributed by atoms with E-state index in [0.717, 1.165) is 29.7 Å². The first-order valence-electron chi connectivity index (χ1n) is 16.1. The summed E-state index contributed by atoms with van der Waals surface area (Å²) in [4.78, 5) is 0. The van der Waals surface area contributed by atoms with Crippen LogP contribution in [0.1, 0.15) is 62.1 Å². The molecule has 0 spiro atoms. The quantitative estimate of drug-likeness (QED) is 0.0714. The van der Waals surface area contributed by atoms with E-state index in [0.29, 0.717) is 66.1 Å². The number of ether oxygens (including phenoxy) is 6.